The average Bonchev–Trinajstić information content (AvgIpc) is 2.04. The topological polar surface area (TPSA) is 27.7 Å². The Kier molecular flexibility index (Phi) is 7.45. The van der Waals surface area contributed by atoms with Crippen molar-refractivity contribution in [3.8, 4) is 0 Å². The van der Waals surface area contributed by atoms with Crippen LogP contribution in [-0.2, 0) is 14.2 Å². The lowest BCUT2D eigenvalue weighted by Crippen LogP contribution is -2.26. The second-order valence-corrected chi connectivity index (χ2v) is 2.89. The first kappa shape index (κ1) is 11.9. The van der Waals surface area contributed by atoms with E-state index in [9.17, 15) is 0 Å². The molecule has 0 aromatic carbocycles. The number of hydrogen-bond acceptors (Lipinski definition) is 3. The van der Waals surface area contributed by atoms with E-state index in [0.717, 1.165) is 6.42 Å². The van der Waals surface area contributed by atoms with Gasteiger partial charge in [0.1, 0.15) is 0 Å². The Bertz CT molecular complexity index is 95.8. The van der Waals surface area contributed by atoms with Crippen LogP contribution in [0.2, 0.25) is 0 Å². The highest BCUT2D eigenvalue weighted by atomic mass is 16.6. The molecule has 2 unspecified atom stereocenters. The van der Waals surface area contributed by atoms with Gasteiger partial charge in [-0.3, -0.25) is 0 Å². The molecule has 0 amide bonds. The van der Waals surface area contributed by atoms with Gasteiger partial charge in [-0.15, -0.1) is 0 Å². The summed E-state index contributed by atoms with van der Waals surface area (Å²) in [5.74, 6) is 0. The standard InChI is InChI=1S/C9H20O3/c1-5-9(7-11-4)12-8(2)6-10-3/h8-9H,5-7H2,1-4H3. The highest BCUT2D eigenvalue weighted by Crippen LogP contribution is 2.03. The minimum atomic E-state index is 0.148. The predicted molar refractivity (Wildman–Crippen MR) is 48.4 cm³/mol. The molecule has 0 spiro atoms. The highest BCUT2D eigenvalue weighted by molar-refractivity contribution is 4.57. The summed E-state index contributed by atoms with van der Waals surface area (Å²) in [4.78, 5) is 0. The molecule has 0 aromatic rings. The Morgan fingerprint density at radius 1 is 1.08 bits per heavy atom. The van der Waals surface area contributed by atoms with Crippen LogP contribution in [-0.4, -0.2) is 39.6 Å². The van der Waals surface area contributed by atoms with E-state index in [0.29, 0.717) is 13.2 Å². The molecule has 0 aliphatic carbocycles. The fourth-order valence-electron chi connectivity index (χ4n) is 1.04. The molecular formula is C9H20O3. The summed E-state index contributed by atoms with van der Waals surface area (Å²) in [6, 6.07) is 0. The first-order valence-corrected chi connectivity index (χ1v) is 4.37. The third-order valence-electron chi connectivity index (χ3n) is 1.63. The van der Waals surface area contributed by atoms with Crippen LogP contribution in [0.3, 0.4) is 0 Å². The van der Waals surface area contributed by atoms with Crippen molar-refractivity contribution < 1.29 is 14.2 Å². The van der Waals surface area contributed by atoms with Gasteiger partial charge < -0.3 is 14.2 Å². The van der Waals surface area contributed by atoms with Crippen LogP contribution in [0.4, 0.5) is 0 Å². The van der Waals surface area contributed by atoms with Crippen molar-refractivity contribution in [2.75, 3.05) is 27.4 Å². The summed E-state index contributed by atoms with van der Waals surface area (Å²) in [5.41, 5.74) is 0. The molecule has 0 aliphatic rings. The maximum Gasteiger partial charge on any atom is 0.0810 e. The average molecular weight is 176 g/mol. The van der Waals surface area contributed by atoms with Crippen LogP contribution >= 0.6 is 0 Å². The van der Waals surface area contributed by atoms with Gasteiger partial charge in [0.2, 0.25) is 0 Å². The molecule has 0 aliphatic heterocycles. The first-order valence-electron chi connectivity index (χ1n) is 4.37. The van der Waals surface area contributed by atoms with Gasteiger partial charge in [-0.25, -0.2) is 0 Å². The molecular weight excluding hydrogens is 156 g/mol. The van der Waals surface area contributed by atoms with Gasteiger partial charge in [0.05, 0.1) is 25.4 Å². The van der Waals surface area contributed by atoms with E-state index in [1.165, 1.54) is 0 Å². The monoisotopic (exact) mass is 176 g/mol. The smallest absolute Gasteiger partial charge is 0.0810 e. The molecule has 74 valence electrons. The molecule has 0 heterocycles. The van der Waals surface area contributed by atoms with Crippen LogP contribution in [0.5, 0.6) is 0 Å². The van der Waals surface area contributed by atoms with Crippen molar-refractivity contribution in [1.29, 1.82) is 0 Å². The number of methoxy groups -OCH3 is 2. The summed E-state index contributed by atoms with van der Waals surface area (Å²) in [7, 11) is 3.37. The van der Waals surface area contributed by atoms with E-state index in [1.54, 1.807) is 14.2 Å². The second-order valence-electron chi connectivity index (χ2n) is 2.89. The van der Waals surface area contributed by atoms with Gasteiger partial charge >= 0.3 is 0 Å². The molecule has 0 saturated heterocycles. The Balaban J connectivity index is 3.53. The Hall–Kier alpha value is -0.120. The lowest BCUT2D eigenvalue weighted by atomic mass is 10.3. The Morgan fingerprint density at radius 2 is 1.67 bits per heavy atom. The minimum Gasteiger partial charge on any atom is -0.382 e. The van der Waals surface area contributed by atoms with Gasteiger partial charge in [-0.1, -0.05) is 6.92 Å². The molecule has 3 heteroatoms. The van der Waals surface area contributed by atoms with E-state index < -0.39 is 0 Å². The molecule has 0 aromatic heterocycles. The van der Waals surface area contributed by atoms with Crippen LogP contribution in [0.1, 0.15) is 20.3 Å². The first-order chi connectivity index (χ1) is 5.74. The fourth-order valence-corrected chi connectivity index (χ4v) is 1.04. The Labute approximate surface area is 75.0 Å². The largest absolute Gasteiger partial charge is 0.382 e. The zero-order chi connectivity index (χ0) is 9.40. The van der Waals surface area contributed by atoms with Crippen molar-refractivity contribution in [2.45, 2.75) is 32.5 Å². The molecule has 0 rings (SSSR count). The molecule has 12 heavy (non-hydrogen) atoms. The molecule has 0 bridgehead atoms. The lowest BCUT2D eigenvalue weighted by Gasteiger charge is -2.19. The molecule has 0 saturated carbocycles. The van der Waals surface area contributed by atoms with E-state index in [2.05, 4.69) is 6.92 Å². The zero-order valence-corrected chi connectivity index (χ0v) is 8.50. The summed E-state index contributed by atoms with van der Waals surface area (Å²) < 4.78 is 15.6. The summed E-state index contributed by atoms with van der Waals surface area (Å²) in [5, 5.41) is 0. The second kappa shape index (κ2) is 7.53. The summed E-state index contributed by atoms with van der Waals surface area (Å²) in [6.07, 6.45) is 1.32. The highest BCUT2D eigenvalue weighted by Gasteiger charge is 2.10. The van der Waals surface area contributed by atoms with Crippen LogP contribution in [0.15, 0.2) is 0 Å². The summed E-state index contributed by atoms with van der Waals surface area (Å²) >= 11 is 0. The molecule has 0 N–H and O–H groups in total. The van der Waals surface area contributed by atoms with Gasteiger partial charge in [0.25, 0.3) is 0 Å². The van der Waals surface area contributed by atoms with Crippen molar-refractivity contribution in [2.24, 2.45) is 0 Å². The molecule has 2 atom stereocenters. The van der Waals surface area contributed by atoms with Crippen molar-refractivity contribution in [3.63, 3.8) is 0 Å². The van der Waals surface area contributed by atoms with Crippen LogP contribution in [0, 0.1) is 0 Å². The SMILES string of the molecule is CCC(COC)OC(C)COC. The van der Waals surface area contributed by atoms with E-state index in [4.69, 9.17) is 14.2 Å². The van der Waals surface area contributed by atoms with Crippen molar-refractivity contribution >= 4 is 0 Å². The lowest BCUT2D eigenvalue weighted by molar-refractivity contribution is -0.0664. The fraction of sp³-hybridized carbons (Fsp3) is 1.00. The number of hydrogen-bond donors (Lipinski definition) is 0. The van der Waals surface area contributed by atoms with Gasteiger partial charge in [-0.05, 0) is 13.3 Å². The maximum atomic E-state index is 5.63. The predicted octanol–water partition coefficient (Wildman–Crippen LogP) is 1.46. The van der Waals surface area contributed by atoms with Gasteiger partial charge in [-0.2, -0.15) is 0 Å². The van der Waals surface area contributed by atoms with Crippen molar-refractivity contribution in [3.05, 3.63) is 0 Å². The zero-order valence-electron chi connectivity index (χ0n) is 8.50. The normalized spacial score (nSPS) is 16.0. The van der Waals surface area contributed by atoms with Crippen LogP contribution in [0.25, 0.3) is 0 Å². The van der Waals surface area contributed by atoms with Crippen molar-refractivity contribution in [1.82, 2.24) is 0 Å². The summed E-state index contributed by atoms with van der Waals surface area (Å²) in [6.45, 7) is 5.38. The van der Waals surface area contributed by atoms with Gasteiger partial charge in [0, 0.05) is 14.2 Å². The third kappa shape index (κ3) is 5.52. The van der Waals surface area contributed by atoms with E-state index in [-0.39, 0.29) is 12.2 Å². The van der Waals surface area contributed by atoms with Gasteiger partial charge in [0.15, 0.2) is 0 Å². The number of ether oxygens (including phenoxy) is 3. The third-order valence-corrected chi connectivity index (χ3v) is 1.63. The minimum absolute atomic E-state index is 0.148. The molecule has 0 radical (unpaired) electrons. The Morgan fingerprint density at radius 3 is 2.08 bits per heavy atom. The van der Waals surface area contributed by atoms with E-state index >= 15 is 0 Å². The maximum absolute atomic E-state index is 5.63. The molecule has 3 nitrogen and oxygen atoms in total. The number of rotatable bonds is 7. The van der Waals surface area contributed by atoms with Crippen LogP contribution < -0.4 is 0 Å². The molecule has 0 fully saturated rings. The quantitative estimate of drug-likeness (QED) is 0.588. The van der Waals surface area contributed by atoms with E-state index in [1.807, 2.05) is 6.92 Å².